The number of ether oxygens (including phenoxy) is 1. The molecule has 2 fully saturated rings. The van der Waals surface area contributed by atoms with Crippen molar-refractivity contribution in [2.24, 2.45) is 5.41 Å². The molecular formula is C25H32ClN3O4S. The van der Waals surface area contributed by atoms with Crippen molar-refractivity contribution in [3.05, 3.63) is 59.6 Å². The van der Waals surface area contributed by atoms with Crippen LogP contribution in [-0.2, 0) is 14.8 Å². The first-order valence-electron chi connectivity index (χ1n) is 11.7. The Bertz CT molecular complexity index is 1070. The monoisotopic (exact) mass is 505 g/mol. The first kappa shape index (κ1) is 25.0. The predicted molar refractivity (Wildman–Crippen MR) is 133 cm³/mol. The van der Waals surface area contributed by atoms with Crippen LogP contribution in [0.15, 0.2) is 59.5 Å². The second-order valence-corrected chi connectivity index (χ2v) is 11.7. The van der Waals surface area contributed by atoms with Gasteiger partial charge < -0.3 is 14.5 Å². The molecule has 2 saturated heterocycles. The van der Waals surface area contributed by atoms with Crippen molar-refractivity contribution in [1.29, 1.82) is 0 Å². The van der Waals surface area contributed by atoms with Crippen LogP contribution in [0.3, 0.4) is 0 Å². The SMILES string of the molecule is CN1CCN(C(=O)CC2(COc3ccccc3)CCCN(S(=O)(=O)c3ccc(Cl)cc3)C2)CC1. The number of carbonyl (C=O) groups excluding carboxylic acids is 1. The summed E-state index contributed by atoms with van der Waals surface area (Å²) in [6.07, 6.45) is 1.66. The maximum atomic E-state index is 13.4. The van der Waals surface area contributed by atoms with Crippen molar-refractivity contribution in [3.8, 4) is 5.75 Å². The van der Waals surface area contributed by atoms with Crippen molar-refractivity contribution in [2.45, 2.75) is 24.2 Å². The Morgan fingerprint density at radius 2 is 1.68 bits per heavy atom. The molecule has 0 bridgehead atoms. The zero-order valence-corrected chi connectivity index (χ0v) is 21.1. The minimum absolute atomic E-state index is 0.0653. The van der Waals surface area contributed by atoms with Gasteiger partial charge in [0.2, 0.25) is 15.9 Å². The molecule has 0 N–H and O–H groups in total. The average molecular weight is 506 g/mol. The maximum absolute atomic E-state index is 13.4. The smallest absolute Gasteiger partial charge is 0.243 e. The van der Waals surface area contributed by atoms with Crippen molar-refractivity contribution in [3.63, 3.8) is 0 Å². The van der Waals surface area contributed by atoms with E-state index < -0.39 is 15.4 Å². The number of likely N-dealkylation sites (N-methyl/N-ethyl adjacent to an activating group) is 1. The van der Waals surface area contributed by atoms with Crippen molar-refractivity contribution in [2.75, 3.05) is 52.9 Å². The largest absolute Gasteiger partial charge is 0.493 e. The number of benzene rings is 2. The molecule has 184 valence electrons. The standard InChI is InChI=1S/C25H32ClN3O4S/c1-27-14-16-28(17-15-27)24(30)18-25(20-33-22-6-3-2-4-7-22)12-5-13-29(19-25)34(31,32)23-10-8-21(26)9-11-23/h2-4,6-11H,5,12-20H2,1H3. The number of hydrogen-bond donors (Lipinski definition) is 0. The molecule has 2 heterocycles. The lowest BCUT2D eigenvalue weighted by Crippen LogP contribution is -2.53. The van der Waals surface area contributed by atoms with E-state index in [0.717, 1.165) is 19.5 Å². The highest BCUT2D eigenvalue weighted by Crippen LogP contribution is 2.37. The summed E-state index contributed by atoms with van der Waals surface area (Å²) in [6, 6.07) is 15.7. The summed E-state index contributed by atoms with van der Waals surface area (Å²) in [4.78, 5) is 17.6. The topological polar surface area (TPSA) is 70.2 Å². The lowest BCUT2D eigenvalue weighted by atomic mass is 9.78. The van der Waals surface area contributed by atoms with E-state index >= 15 is 0 Å². The molecule has 0 aromatic heterocycles. The third-order valence-corrected chi connectivity index (χ3v) is 8.86. The third kappa shape index (κ3) is 5.92. The number of sulfonamides is 1. The van der Waals surface area contributed by atoms with E-state index in [0.29, 0.717) is 36.8 Å². The van der Waals surface area contributed by atoms with E-state index in [9.17, 15) is 13.2 Å². The number of nitrogens with zero attached hydrogens (tertiary/aromatic N) is 3. The first-order chi connectivity index (χ1) is 16.3. The van der Waals surface area contributed by atoms with Gasteiger partial charge in [0.15, 0.2) is 0 Å². The van der Waals surface area contributed by atoms with Crippen LogP contribution < -0.4 is 4.74 Å². The van der Waals surface area contributed by atoms with Gasteiger partial charge in [-0.2, -0.15) is 4.31 Å². The molecule has 4 rings (SSSR count). The average Bonchev–Trinajstić information content (AvgIpc) is 2.84. The quantitative estimate of drug-likeness (QED) is 0.577. The number of piperidine rings is 1. The number of para-hydroxylation sites is 1. The minimum atomic E-state index is -3.71. The molecule has 2 aromatic carbocycles. The molecule has 1 atom stereocenters. The summed E-state index contributed by atoms with van der Waals surface area (Å²) in [5, 5.41) is 0.487. The number of piperazine rings is 1. The highest BCUT2D eigenvalue weighted by molar-refractivity contribution is 7.89. The fraction of sp³-hybridized carbons (Fsp3) is 0.480. The summed E-state index contributed by atoms with van der Waals surface area (Å²) in [7, 11) is -1.66. The van der Waals surface area contributed by atoms with Crippen LogP contribution in [0.1, 0.15) is 19.3 Å². The number of halogens is 1. The van der Waals surface area contributed by atoms with Crippen LogP contribution in [-0.4, -0.2) is 81.4 Å². The molecule has 0 spiro atoms. The van der Waals surface area contributed by atoms with Gasteiger partial charge in [-0.1, -0.05) is 29.8 Å². The van der Waals surface area contributed by atoms with E-state index in [2.05, 4.69) is 11.9 Å². The third-order valence-electron chi connectivity index (χ3n) is 6.75. The van der Waals surface area contributed by atoms with E-state index in [1.165, 1.54) is 16.4 Å². The van der Waals surface area contributed by atoms with Gasteiger partial charge in [0.05, 0.1) is 11.5 Å². The van der Waals surface area contributed by atoms with Gasteiger partial charge in [-0.05, 0) is 56.3 Å². The molecule has 9 heteroatoms. The Kier molecular flexibility index (Phi) is 7.82. The highest BCUT2D eigenvalue weighted by Gasteiger charge is 2.43. The van der Waals surface area contributed by atoms with Crippen molar-refractivity contribution < 1.29 is 17.9 Å². The predicted octanol–water partition coefficient (Wildman–Crippen LogP) is 3.35. The molecule has 0 radical (unpaired) electrons. The number of hydrogen-bond acceptors (Lipinski definition) is 5. The van der Waals surface area contributed by atoms with E-state index in [1.54, 1.807) is 12.1 Å². The van der Waals surface area contributed by atoms with E-state index in [1.807, 2.05) is 35.2 Å². The van der Waals surface area contributed by atoms with Crippen molar-refractivity contribution >= 4 is 27.5 Å². The Labute approximate surface area is 207 Å². The Balaban J connectivity index is 1.56. The summed E-state index contributed by atoms with van der Waals surface area (Å²) in [6.45, 7) is 4.01. The highest BCUT2D eigenvalue weighted by atomic mass is 35.5. The minimum Gasteiger partial charge on any atom is -0.493 e. The molecule has 0 aliphatic carbocycles. The molecule has 2 aliphatic heterocycles. The van der Waals surface area contributed by atoms with Crippen molar-refractivity contribution in [1.82, 2.24) is 14.1 Å². The van der Waals surface area contributed by atoms with Crippen LogP contribution in [0.5, 0.6) is 5.75 Å². The fourth-order valence-electron chi connectivity index (χ4n) is 4.68. The number of amides is 1. The van der Waals surface area contributed by atoms with Gasteiger partial charge in [0.1, 0.15) is 5.75 Å². The molecule has 2 aromatic rings. The molecule has 7 nitrogen and oxygen atoms in total. The van der Waals surface area contributed by atoms with Crippen LogP contribution in [0.2, 0.25) is 5.02 Å². The summed E-state index contributed by atoms with van der Waals surface area (Å²) < 4.78 is 34.5. The number of rotatable bonds is 7. The lowest BCUT2D eigenvalue weighted by molar-refractivity contribution is -0.136. The normalized spacial score (nSPS) is 22.5. The Morgan fingerprint density at radius 1 is 1.00 bits per heavy atom. The van der Waals surface area contributed by atoms with E-state index in [4.69, 9.17) is 16.3 Å². The molecule has 1 unspecified atom stereocenters. The fourth-order valence-corrected chi connectivity index (χ4v) is 6.40. The van der Waals surface area contributed by atoms with Crippen LogP contribution in [0, 0.1) is 5.41 Å². The van der Waals surface area contributed by atoms with Gasteiger partial charge >= 0.3 is 0 Å². The second kappa shape index (κ2) is 10.6. The number of carbonyl (C=O) groups is 1. The Hall–Kier alpha value is -2.13. The first-order valence-corrected chi connectivity index (χ1v) is 13.5. The van der Waals surface area contributed by atoms with E-state index in [-0.39, 0.29) is 30.4 Å². The van der Waals surface area contributed by atoms with Gasteiger partial charge in [-0.15, -0.1) is 0 Å². The van der Waals surface area contributed by atoms with Gasteiger partial charge in [0, 0.05) is 56.1 Å². The van der Waals surface area contributed by atoms with Gasteiger partial charge in [-0.25, -0.2) is 8.42 Å². The summed E-state index contributed by atoms with van der Waals surface area (Å²) >= 11 is 5.96. The molecule has 0 saturated carbocycles. The second-order valence-electron chi connectivity index (χ2n) is 9.36. The summed E-state index contributed by atoms with van der Waals surface area (Å²) in [5.74, 6) is 0.780. The van der Waals surface area contributed by atoms with Crippen LogP contribution in [0.4, 0.5) is 0 Å². The maximum Gasteiger partial charge on any atom is 0.243 e. The zero-order valence-electron chi connectivity index (χ0n) is 19.5. The van der Waals surface area contributed by atoms with Gasteiger partial charge in [-0.3, -0.25) is 4.79 Å². The van der Waals surface area contributed by atoms with Crippen LogP contribution >= 0.6 is 11.6 Å². The molecular weight excluding hydrogens is 474 g/mol. The molecule has 34 heavy (non-hydrogen) atoms. The Morgan fingerprint density at radius 3 is 2.35 bits per heavy atom. The molecule has 1 amide bonds. The molecule has 2 aliphatic rings. The summed E-state index contributed by atoms with van der Waals surface area (Å²) in [5.41, 5.74) is -0.603. The van der Waals surface area contributed by atoms with Crippen LogP contribution in [0.25, 0.3) is 0 Å². The van der Waals surface area contributed by atoms with Gasteiger partial charge in [0.25, 0.3) is 0 Å². The lowest BCUT2D eigenvalue weighted by Gasteiger charge is -2.43. The zero-order chi connectivity index (χ0) is 24.2.